The second-order valence-electron chi connectivity index (χ2n) is 2.61. The number of likely N-dealkylation sites (N-methyl/N-ethyl adjacent to an activating group) is 1. The Morgan fingerprint density at radius 1 is 1.56 bits per heavy atom. The fourth-order valence-electron chi connectivity index (χ4n) is 1.22. The number of piperidine rings is 1. The Bertz CT molecular complexity index is 103. The molecule has 1 radical (unpaired) electrons. The molecule has 51 valence electrons. The van der Waals surface area contributed by atoms with Crippen LogP contribution < -0.4 is 0 Å². The Morgan fingerprint density at radius 3 is 2.78 bits per heavy atom. The van der Waals surface area contributed by atoms with E-state index in [1.807, 2.05) is 13.3 Å². The molecular weight excluding hydrogens is 114 g/mol. The van der Waals surface area contributed by atoms with E-state index >= 15 is 0 Å². The van der Waals surface area contributed by atoms with E-state index in [-0.39, 0.29) is 6.04 Å². The van der Waals surface area contributed by atoms with Crippen LogP contribution in [0, 0.1) is 0 Å². The summed E-state index contributed by atoms with van der Waals surface area (Å²) in [5.41, 5.74) is 0. The minimum Gasteiger partial charge on any atom is -0.296 e. The van der Waals surface area contributed by atoms with Crippen molar-refractivity contribution in [2.24, 2.45) is 0 Å². The van der Waals surface area contributed by atoms with Gasteiger partial charge in [0.15, 0.2) is 0 Å². The molecule has 0 unspecified atom stereocenters. The Labute approximate surface area is 55.8 Å². The summed E-state index contributed by atoms with van der Waals surface area (Å²) < 4.78 is 0. The van der Waals surface area contributed by atoms with E-state index in [4.69, 9.17) is 0 Å². The van der Waals surface area contributed by atoms with Gasteiger partial charge in [0.25, 0.3) is 0 Å². The van der Waals surface area contributed by atoms with Crippen molar-refractivity contribution in [1.82, 2.24) is 4.90 Å². The van der Waals surface area contributed by atoms with Crippen molar-refractivity contribution >= 4 is 6.29 Å². The molecule has 0 bridgehead atoms. The summed E-state index contributed by atoms with van der Waals surface area (Å²) in [5.74, 6) is 0. The fraction of sp³-hybridized carbons (Fsp3) is 0.857. The van der Waals surface area contributed by atoms with Gasteiger partial charge < -0.3 is 0 Å². The Hall–Kier alpha value is -0.370. The largest absolute Gasteiger partial charge is 0.296 e. The molecule has 0 aromatic rings. The van der Waals surface area contributed by atoms with Gasteiger partial charge in [0.05, 0.1) is 6.04 Å². The summed E-state index contributed by atoms with van der Waals surface area (Å²) in [6, 6.07) is 0.0822. The minimum atomic E-state index is 0.0822. The van der Waals surface area contributed by atoms with Gasteiger partial charge >= 0.3 is 0 Å². The lowest BCUT2D eigenvalue weighted by molar-refractivity contribution is 0.231. The van der Waals surface area contributed by atoms with Gasteiger partial charge in [-0.1, -0.05) is 6.42 Å². The number of rotatable bonds is 1. The lowest BCUT2D eigenvalue weighted by atomic mass is 10.0. The maximum Gasteiger partial charge on any atom is 0.217 e. The highest BCUT2D eigenvalue weighted by Gasteiger charge is 2.17. The van der Waals surface area contributed by atoms with Gasteiger partial charge in [-0.05, 0) is 26.4 Å². The molecule has 2 heteroatoms. The van der Waals surface area contributed by atoms with Crippen molar-refractivity contribution in [1.29, 1.82) is 0 Å². The van der Waals surface area contributed by atoms with Crippen LogP contribution in [0.25, 0.3) is 0 Å². The predicted molar refractivity (Wildman–Crippen MR) is 36.0 cm³/mol. The van der Waals surface area contributed by atoms with Gasteiger partial charge in [0.1, 0.15) is 0 Å². The van der Waals surface area contributed by atoms with E-state index in [1.165, 1.54) is 12.8 Å². The summed E-state index contributed by atoms with van der Waals surface area (Å²) in [6.07, 6.45) is 5.45. The molecule has 1 aliphatic heterocycles. The maximum absolute atomic E-state index is 10.2. The monoisotopic (exact) mass is 126 g/mol. The molecule has 0 aromatic carbocycles. The lowest BCUT2D eigenvalue weighted by Crippen LogP contribution is -2.36. The molecule has 1 heterocycles. The van der Waals surface area contributed by atoms with Crippen molar-refractivity contribution in [3.63, 3.8) is 0 Å². The van der Waals surface area contributed by atoms with Gasteiger partial charge in [0, 0.05) is 0 Å². The van der Waals surface area contributed by atoms with E-state index in [1.54, 1.807) is 0 Å². The van der Waals surface area contributed by atoms with Crippen LogP contribution >= 0.6 is 0 Å². The standard InChI is InChI=1S/C7H12NO/c1-8-5-3-2-4-7(8)6-9/h7H,2-5H2,1H3/t7-/m1/s1. The molecule has 0 amide bonds. The van der Waals surface area contributed by atoms with Crippen molar-refractivity contribution in [3.8, 4) is 0 Å². The third-order valence-electron chi connectivity index (χ3n) is 1.91. The number of likely N-dealkylation sites (tertiary alicyclic amines) is 1. The average Bonchev–Trinajstić information content (AvgIpc) is 1.89. The van der Waals surface area contributed by atoms with Crippen molar-refractivity contribution < 1.29 is 4.79 Å². The van der Waals surface area contributed by atoms with E-state index in [2.05, 4.69) is 4.90 Å². The van der Waals surface area contributed by atoms with E-state index < -0.39 is 0 Å². The summed E-state index contributed by atoms with van der Waals surface area (Å²) in [5, 5.41) is 0. The number of hydrogen-bond donors (Lipinski definition) is 0. The van der Waals surface area contributed by atoms with Gasteiger partial charge in [-0.3, -0.25) is 9.69 Å². The number of hydrogen-bond acceptors (Lipinski definition) is 2. The van der Waals surface area contributed by atoms with Gasteiger partial charge in [-0.25, -0.2) is 0 Å². The van der Waals surface area contributed by atoms with E-state index in [0.29, 0.717) is 0 Å². The first-order valence-corrected chi connectivity index (χ1v) is 3.42. The van der Waals surface area contributed by atoms with Gasteiger partial charge in [-0.2, -0.15) is 0 Å². The second kappa shape index (κ2) is 2.97. The SMILES string of the molecule is CN1CCCC[C@@H]1[C]=O. The molecule has 1 atom stereocenters. The molecular formula is C7H12NO. The van der Waals surface area contributed by atoms with E-state index in [0.717, 1.165) is 13.0 Å². The Morgan fingerprint density at radius 2 is 2.33 bits per heavy atom. The quantitative estimate of drug-likeness (QED) is 0.512. The molecule has 0 spiro atoms. The number of nitrogens with zero attached hydrogens (tertiary/aromatic N) is 1. The molecule has 0 N–H and O–H groups in total. The van der Waals surface area contributed by atoms with Crippen molar-refractivity contribution in [2.75, 3.05) is 13.6 Å². The summed E-state index contributed by atoms with van der Waals surface area (Å²) in [7, 11) is 1.98. The summed E-state index contributed by atoms with van der Waals surface area (Å²) in [6.45, 7) is 1.06. The van der Waals surface area contributed by atoms with Crippen LogP contribution in [0.5, 0.6) is 0 Å². The van der Waals surface area contributed by atoms with Gasteiger partial charge in [0.2, 0.25) is 6.29 Å². The lowest BCUT2D eigenvalue weighted by Gasteiger charge is -2.27. The molecule has 2 nitrogen and oxygen atoms in total. The summed E-state index contributed by atoms with van der Waals surface area (Å²) >= 11 is 0. The fourth-order valence-corrected chi connectivity index (χ4v) is 1.22. The third-order valence-corrected chi connectivity index (χ3v) is 1.91. The normalized spacial score (nSPS) is 30.1. The van der Waals surface area contributed by atoms with E-state index in [9.17, 15) is 4.79 Å². The molecule has 1 saturated heterocycles. The molecule has 0 aliphatic carbocycles. The highest BCUT2D eigenvalue weighted by Crippen LogP contribution is 2.12. The first kappa shape index (κ1) is 6.75. The molecule has 1 fully saturated rings. The van der Waals surface area contributed by atoms with Crippen LogP contribution in [0.15, 0.2) is 0 Å². The van der Waals surface area contributed by atoms with Crippen LogP contribution in [-0.4, -0.2) is 30.8 Å². The summed E-state index contributed by atoms with van der Waals surface area (Å²) in [4.78, 5) is 12.3. The van der Waals surface area contributed by atoms with Crippen LogP contribution in [-0.2, 0) is 4.79 Å². The van der Waals surface area contributed by atoms with Gasteiger partial charge in [-0.15, -0.1) is 0 Å². The van der Waals surface area contributed by atoms with Crippen molar-refractivity contribution in [2.45, 2.75) is 25.3 Å². The average molecular weight is 126 g/mol. The molecule has 0 aromatic heterocycles. The first-order valence-electron chi connectivity index (χ1n) is 3.42. The highest BCUT2D eigenvalue weighted by atomic mass is 16.1. The Balaban J connectivity index is 2.38. The van der Waals surface area contributed by atoms with Crippen LogP contribution in [0.3, 0.4) is 0 Å². The third kappa shape index (κ3) is 1.52. The zero-order valence-corrected chi connectivity index (χ0v) is 5.76. The highest BCUT2D eigenvalue weighted by molar-refractivity contribution is 5.58. The number of carbonyl (C=O) groups excluding carboxylic acids is 1. The van der Waals surface area contributed by atoms with Crippen molar-refractivity contribution in [3.05, 3.63) is 0 Å². The molecule has 9 heavy (non-hydrogen) atoms. The van der Waals surface area contributed by atoms with Crippen LogP contribution in [0.4, 0.5) is 0 Å². The minimum absolute atomic E-state index is 0.0822. The van der Waals surface area contributed by atoms with Crippen LogP contribution in [0.2, 0.25) is 0 Å². The first-order chi connectivity index (χ1) is 4.34. The molecule has 1 aliphatic rings. The molecule has 1 rings (SSSR count). The Kier molecular flexibility index (Phi) is 2.22. The zero-order chi connectivity index (χ0) is 6.69. The zero-order valence-electron chi connectivity index (χ0n) is 5.76. The topological polar surface area (TPSA) is 20.3 Å². The molecule has 0 saturated carbocycles. The second-order valence-corrected chi connectivity index (χ2v) is 2.61. The van der Waals surface area contributed by atoms with Crippen LogP contribution in [0.1, 0.15) is 19.3 Å². The predicted octanol–water partition coefficient (Wildman–Crippen LogP) is 0.580. The smallest absolute Gasteiger partial charge is 0.217 e. The maximum atomic E-state index is 10.2.